The predicted octanol–water partition coefficient (Wildman–Crippen LogP) is 4.21. The summed E-state index contributed by atoms with van der Waals surface area (Å²) >= 11 is 0. The maximum atomic E-state index is 12.9. The molecule has 2 aromatic carbocycles. The van der Waals surface area contributed by atoms with Gasteiger partial charge < -0.3 is 15.5 Å². The summed E-state index contributed by atoms with van der Waals surface area (Å²) in [6, 6.07) is 14.6. The van der Waals surface area contributed by atoms with Crippen LogP contribution in [-0.4, -0.2) is 37.4 Å². The number of guanidine groups is 1. The fourth-order valence-corrected chi connectivity index (χ4v) is 2.52. The van der Waals surface area contributed by atoms with E-state index in [0.717, 1.165) is 17.7 Å². The molecule has 164 valence electrons. The highest BCUT2D eigenvalue weighted by Crippen LogP contribution is 2.29. The van der Waals surface area contributed by atoms with Gasteiger partial charge in [0.2, 0.25) is 5.91 Å². The van der Waals surface area contributed by atoms with Crippen molar-refractivity contribution in [3.63, 3.8) is 0 Å². The number of likely N-dealkylation sites (N-methyl/N-ethyl adjacent to an activating group) is 1. The van der Waals surface area contributed by atoms with Gasteiger partial charge in [-0.05, 0) is 30.2 Å². The van der Waals surface area contributed by atoms with Crippen molar-refractivity contribution in [2.45, 2.75) is 25.7 Å². The topological polar surface area (TPSA) is 56.7 Å². The van der Waals surface area contributed by atoms with E-state index in [4.69, 9.17) is 0 Å². The predicted molar refractivity (Wildman–Crippen MR) is 123 cm³/mol. The molecule has 0 radical (unpaired) electrons. The molecule has 30 heavy (non-hydrogen) atoms. The number of hydrogen-bond acceptors (Lipinski definition) is 2. The number of benzene rings is 2. The van der Waals surface area contributed by atoms with E-state index in [2.05, 4.69) is 15.6 Å². The van der Waals surface area contributed by atoms with Crippen LogP contribution in [0, 0.1) is 0 Å². The highest BCUT2D eigenvalue weighted by Gasteiger charge is 2.30. The Hall–Kier alpha value is -2.30. The molecule has 0 heterocycles. The summed E-state index contributed by atoms with van der Waals surface area (Å²) in [6.07, 6.45) is -4.40. The number of hydrogen-bond donors (Lipinski definition) is 2. The summed E-state index contributed by atoms with van der Waals surface area (Å²) in [6.45, 7) is 1.99. The van der Waals surface area contributed by atoms with Crippen LogP contribution in [0.4, 0.5) is 13.2 Å². The Balaban J connectivity index is 0.00000450. The summed E-state index contributed by atoms with van der Waals surface area (Å²) in [5.74, 6) is 0.194. The Bertz CT molecular complexity index is 842. The van der Waals surface area contributed by atoms with Gasteiger partial charge in [0.05, 0.1) is 24.7 Å². The SMILES string of the molecule is CC(NC(=NCc1cccc(C(F)(F)F)c1)NCC(=O)N(C)C)c1ccccc1.I. The second-order valence-electron chi connectivity index (χ2n) is 6.78. The van der Waals surface area contributed by atoms with Gasteiger partial charge in [0.25, 0.3) is 0 Å². The molecule has 1 amide bonds. The number of rotatable bonds is 6. The third-order valence-corrected chi connectivity index (χ3v) is 4.23. The first-order valence-electron chi connectivity index (χ1n) is 9.13. The molecule has 0 fully saturated rings. The molecule has 2 N–H and O–H groups in total. The van der Waals surface area contributed by atoms with E-state index in [1.54, 1.807) is 20.2 Å². The molecule has 0 bridgehead atoms. The van der Waals surface area contributed by atoms with Crippen LogP contribution < -0.4 is 10.6 Å². The maximum Gasteiger partial charge on any atom is 0.416 e. The van der Waals surface area contributed by atoms with E-state index in [1.165, 1.54) is 11.0 Å². The lowest BCUT2D eigenvalue weighted by Crippen LogP contribution is -2.43. The molecule has 0 aliphatic heterocycles. The molecule has 5 nitrogen and oxygen atoms in total. The number of nitrogens with zero attached hydrogens (tertiary/aromatic N) is 2. The van der Waals surface area contributed by atoms with Crippen molar-refractivity contribution < 1.29 is 18.0 Å². The van der Waals surface area contributed by atoms with Gasteiger partial charge in [-0.25, -0.2) is 4.99 Å². The largest absolute Gasteiger partial charge is 0.416 e. The van der Waals surface area contributed by atoms with Crippen LogP contribution in [0.3, 0.4) is 0 Å². The minimum Gasteiger partial charge on any atom is -0.350 e. The molecule has 2 aromatic rings. The number of amides is 1. The average Bonchev–Trinajstić information content (AvgIpc) is 2.69. The van der Waals surface area contributed by atoms with Gasteiger partial charge in [0.15, 0.2) is 5.96 Å². The molecule has 0 aliphatic carbocycles. The lowest BCUT2D eigenvalue weighted by Gasteiger charge is -2.19. The zero-order valence-corrected chi connectivity index (χ0v) is 19.4. The van der Waals surface area contributed by atoms with Crippen molar-refractivity contribution in [3.05, 3.63) is 71.3 Å². The van der Waals surface area contributed by atoms with Crippen molar-refractivity contribution in [2.75, 3.05) is 20.6 Å². The first kappa shape index (κ1) is 25.7. The zero-order chi connectivity index (χ0) is 21.4. The molecular formula is C21H26F3IN4O. The van der Waals surface area contributed by atoms with E-state index in [1.807, 2.05) is 37.3 Å². The third kappa shape index (κ3) is 8.21. The summed E-state index contributed by atoms with van der Waals surface area (Å²) in [7, 11) is 3.28. The number of carbonyl (C=O) groups excluding carboxylic acids is 1. The molecule has 1 atom stereocenters. The molecule has 0 aromatic heterocycles. The quantitative estimate of drug-likeness (QED) is 0.332. The monoisotopic (exact) mass is 534 g/mol. The smallest absolute Gasteiger partial charge is 0.350 e. The summed E-state index contributed by atoms with van der Waals surface area (Å²) < 4.78 is 38.7. The molecule has 2 rings (SSSR count). The minimum absolute atomic E-state index is 0. The number of nitrogens with one attached hydrogen (secondary N) is 2. The molecule has 0 saturated carbocycles. The van der Waals surface area contributed by atoms with Crippen LogP contribution in [0.1, 0.15) is 29.7 Å². The van der Waals surface area contributed by atoms with Gasteiger partial charge in [0, 0.05) is 14.1 Å². The Morgan fingerprint density at radius 1 is 1.10 bits per heavy atom. The van der Waals surface area contributed by atoms with Gasteiger partial charge in [-0.2, -0.15) is 13.2 Å². The van der Waals surface area contributed by atoms with Crippen molar-refractivity contribution >= 4 is 35.8 Å². The van der Waals surface area contributed by atoms with Gasteiger partial charge in [-0.3, -0.25) is 4.79 Å². The fraction of sp³-hybridized carbons (Fsp3) is 0.333. The Labute approximate surface area is 191 Å². The van der Waals surface area contributed by atoms with Gasteiger partial charge in [-0.1, -0.05) is 42.5 Å². The fourth-order valence-electron chi connectivity index (χ4n) is 2.52. The van der Waals surface area contributed by atoms with E-state index in [0.29, 0.717) is 11.5 Å². The first-order chi connectivity index (χ1) is 13.7. The lowest BCUT2D eigenvalue weighted by molar-refractivity contribution is -0.137. The summed E-state index contributed by atoms with van der Waals surface area (Å²) in [4.78, 5) is 17.7. The first-order valence-corrected chi connectivity index (χ1v) is 9.13. The standard InChI is InChI=1S/C21H25F3N4O.HI/c1-15(17-9-5-4-6-10-17)27-20(26-14-19(29)28(2)3)25-13-16-8-7-11-18(12-16)21(22,23)24;/h4-12,15H,13-14H2,1-3H3,(H2,25,26,27);1H. The Morgan fingerprint density at radius 2 is 1.77 bits per heavy atom. The van der Waals surface area contributed by atoms with E-state index in [-0.39, 0.29) is 49.0 Å². The summed E-state index contributed by atoms with van der Waals surface area (Å²) in [5, 5.41) is 6.13. The van der Waals surface area contributed by atoms with Crippen molar-refractivity contribution in [1.82, 2.24) is 15.5 Å². The third-order valence-electron chi connectivity index (χ3n) is 4.23. The molecule has 0 aliphatic rings. The lowest BCUT2D eigenvalue weighted by atomic mass is 10.1. The van der Waals surface area contributed by atoms with Crippen LogP contribution >= 0.6 is 24.0 Å². The molecule has 0 spiro atoms. The van der Waals surface area contributed by atoms with Crippen LogP contribution in [0.25, 0.3) is 0 Å². The Kier molecular flexibility index (Phi) is 10.1. The van der Waals surface area contributed by atoms with Crippen molar-refractivity contribution in [2.24, 2.45) is 4.99 Å². The maximum absolute atomic E-state index is 12.9. The number of halogens is 4. The number of carbonyl (C=O) groups is 1. The van der Waals surface area contributed by atoms with E-state index in [9.17, 15) is 18.0 Å². The van der Waals surface area contributed by atoms with E-state index < -0.39 is 11.7 Å². The Morgan fingerprint density at radius 3 is 2.37 bits per heavy atom. The number of aliphatic imine (C=N–C) groups is 1. The van der Waals surface area contributed by atoms with Crippen LogP contribution in [-0.2, 0) is 17.5 Å². The second-order valence-corrected chi connectivity index (χ2v) is 6.78. The van der Waals surface area contributed by atoms with Gasteiger partial charge in [0.1, 0.15) is 0 Å². The normalized spacial score (nSPS) is 12.5. The van der Waals surface area contributed by atoms with Crippen LogP contribution in [0.2, 0.25) is 0 Å². The second kappa shape index (κ2) is 11.8. The van der Waals surface area contributed by atoms with Gasteiger partial charge >= 0.3 is 6.18 Å². The summed E-state index contributed by atoms with van der Waals surface area (Å²) in [5.41, 5.74) is 0.723. The highest BCUT2D eigenvalue weighted by atomic mass is 127. The van der Waals surface area contributed by atoms with Crippen LogP contribution in [0.5, 0.6) is 0 Å². The molecule has 1 unspecified atom stereocenters. The van der Waals surface area contributed by atoms with Crippen molar-refractivity contribution in [1.29, 1.82) is 0 Å². The minimum atomic E-state index is -4.40. The highest BCUT2D eigenvalue weighted by molar-refractivity contribution is 14.0. The molecule has 9 heteroatoms. The zero-order valence-electron chi connectivity index (χ0n) is 17.0. The number of alkyl halides is 3. The van der Waals surface area contributed by atoms with Gasteiger partial charge in [-0.15, -0.1) is 24.0 Å². The molecular weight excluding hydrogens is 508 g/mol. The van der Waals surface area contributed by atoms with Crippen molar-refractivity contribution in [3.8, 4) is 0 Å². The van der Waals surface area contributed by atoms with Crippen LogP contribution in [0.15, 0.2) is 59.6 Å². The van der Waals surface area contributed by atoms with E-state index >= 15 is 0 Å². The average molecular weight is 534 g/mol. The molecule has 0 saturated heterocycles.